The Kier molecular flexibility index (Phi) is 6.26. The molecule has 0 saturated heterocycles. The molecule has 2 aliphatic rings. The number of fused-ring (bicyclic) bond motifs is 1. The minimum Gasteiger partial charge on any atom is -0.493 e. The van der Waals surface area contributed by atoms with Gasteiger partial charge in [-0.25, -0.2) is 4.39 Å². The largest absolute Gasteiger partial charge is 0.493 e. The van der Waals surface area contributed by atoms with Crippen LogP contribution in [0.1, 0.15) is 49.7 Å². The number of aryl methyl sites for hydroxylation is 1. The molecule has 0 radical (unpaired) electrons. The molecule has 2 aliphatic heterocycles. The third kappa shape index (κ3) is 4.61. The van der Waals surface area contributed by atoms with Crippen LogP contribution in [-0.4, -0.2) is 25.3 Å². The molecule has 1 atom stereocenters. The fraction of sp³-hybridized carbons (Fsp3) is 0.360. The van der Waals surface area contributed by atoms with Crippen LogP contribution in [0.2, 0.25) is 0 Å². The molecule has 0 aromatic heterocycles. The van der Waals surface area contributed by atoms with E-state index in [0.29, 0.717) is 31.9 Å². The Bertz CT molecular complexity index is 966. The van der Waals surface area contributed by atoms with Crippen molar-refractivity contribution in [1.82, 2.24) is 0 Å². The molecule has 0 bridgehead atoms. The number of nitrogens with zero attached hydrogens (tertiary/aromatic N) is 2. The zero-order valence-corrected chi connectivity index (χ0v) is 17.3. The molecule has 4 nitrogen and oxygen atoms in total. The maximum absolute atomic E-state index is 13.1. The fourth-order valence-electron chi connectivity index (χ4n) is 4.17. The van der Waals surface area contributed by atoms with Crippen molar-refractivity contribution in [3.05, 3.63) is 71.2 Å². The number of amides is 1. The maximum Gasteiger partial charge on any atom is 0.227 e. The van der Waals surface area contributed by atoms with Gasteiger partial charge >= 0.3 is 0 Å². The van der Waals surface area contributed by atoms with Gasteiger partial charge in [0.1, 0.15) is 11.6 Å². The summed E-state index contributed by atoms with van der Waals surface area (Å²) < 4.78 is 19.0. The minimum atomic E-state index is -0.259. The van der Waals surface area contributed by atoms with Crippen LogP contribution in [0.5, 0.6) is 5.75 Å². The van der Waals surface area contributed by atoms with E-state index in [4.69, 9.17) is 4.74 Å². The van der Waals surface area contributed by atoms with Crippen LogP contribution in [0, 0.1) is 5.82 Å². The monoisotopic (exact) mass is 406 g/mol. The van der Waals surface area contributed by atoms with Crippen LogP contribution >= 0.6 is 0 Å². The van der Waals surface area contributed by atoms with E-state index >= 15 is 0 Å². The summed E-state index contributed by atoms with van der Waals surface area (Å²) in [4.78, 5) is 19.2. The highest BCUT2D eigenvalue weighted by atomic mass is 19.1. The normalized spacial score (nSPS) is 17.3. The average molecular weight is 407 g/mol. The summed E-state index contributed by atoms with van der Waals surface area (Å²) in [6.45, 7) is 3.30. The minimum absolute atomic E-state index is 0.0677. The predicted octanol–water partition coefficient (Wildman–Crippen LogP) is 5.43. The van der Waals surface area contributed by atoms with Crippen LogP contribution in [0.4, 0.5) is 10.1 Å². The van der Waals surface area contributed by atoms with Crippen molar-refractivity contribution >= 4 is 17.8 Å². The van der Waals surface area contributed by atoms with Crippen molar-refractivity contribution < 1.29 is 13.9 Å². The molecule has 4 rings (SSSR count). The first-order valence-corrected chi connectivity index (χ1v) is 10.7. The first kappa shape index (κ1) is 20.3. The van der Waals surface area contributed by atoms with Gasteiger partial charge in [-0.05, 0) is 73.6 Å². The number of hydrogen-bond acceptors (Lipinski definition) is 3. The highest BCUT2D eigenvalue weighted by Gasteiger charge is 2.25. The number of ether oxygens (including phenoxy) is 1. The van der Waals surface area contributed by atoms with Gasteiger partial charge in [0.2, 0.25) is 5.91 Å². The molecule has 30 heavy (non-hydrogen) atoms. The smallest absolute Gasteiger partial charge is 0.227 e. The summed E-state index contributed by atoms with van der Waals surface area (Å²) in [5.74, 6) is 1.07. The lowest BCUT2D eigenvalue weighted by molar-refractivity contribution is -0.118. The van der Waals surface area contributed by atoms with Crippen molar-refractivity contribution in [3.8, 4) is 5.75 Å². The molecule has 1 amide bonds. The van der Waals surface area contributed by atoms with Gasteiger partial charge in [0.15, 0.2) is 0 Å². The summed E-state index contributed by atoms with van der Waals surface area (Å²) >= 11 is 0. The molecule has 2 heterocycles. The first-order valence-electron chi connectivity index (χ1n) is 10.7. The number of benzene rings is 2. The van der Waals surface area contributed by atoms with Gasteiger partial charge in [-0.2, -0.15) is 0 Å². The van der Waals surface area contributed by atoms with Gasteiger partial charge in [-0.15, -0.1) is 0 Å². The van der Waals surface area contributed by atoms with E-state index < -0.39 is 0 Å². The van der Waals surface area contributed by atoms with Gasteiger partial charge in [-0.1, -0.05) is 18.2 Å². The summed E-state index contributed by atoms with van der Waals surface area (Å²) in [5, 5.41) is 0. The average Bonchev–Trinajstić information content (AvgIpc) is 3.27. The second kappa shape index (κ2) is 9.24. The molecule has 2 aromatic rings. The number of carbonyl (C=O) groups is 1. The molecule has 156 valence electrons. The number of allylic oxidation sites excluding steroid dienone is 2. The van der Waals surface area contributed by atoms with E-state index in [2.05, 4.69) is 17.1 Å². The molecule has 0 spiro atoms. The van der Waals surface area contributed by atoms with Crippen molar-refractivity contribution in [3.63, 3.8) is 0 Å². The lowest BCUT2D eigenvalue weighted by Gasteiger charge is -2.29. The molecular formula is C25H27FN2O2. The zero-order valence-electron chi connectivity index (χ0n) is 17.3. The fourth-order valence-corrected chi connectivity index (χ4v) is 4.17. The SMILES string of the molecule is CCN(C(=O)CCc1ccc(F)cc1)c1ccc2c(c1)C(CC1=CCC=N1)CCO2. The van der Waals surface area contributed by atoms with Crippen molar-refractivity contribution in [2.24, 2.45) is 4.99 Å². The number of aliphatic imine (C=N–C) groups is 1. The van der Waals surface area contributed by atoms with E-state index in [1.807, 2.05) is 30.2 Å². The van der Waals surface area contributed by atoms with Crippen LogP contribution in [-0.2, 0) is 11.2 Å². The van der Waals surface area contributed by atoms with Crippen LogP contribution < -0.4 is 9.64 Å². The molecule has 2 aromatic carbocycles. The number of anilines is 1. The second-order valence-electron chi connectivity index (χ2n) is 7.77. The predicted molar refractivity (Wildman–Crippen MR) is 118 cm³/mol. The quantitative estimate of drug-likeness (QED) is 0.616. The number of rotatable bonds is 7. The van der Waals surface area contributed by atoms with E-state index in [0.717, 1.165) is 47.5 Å². The number of hydrogen-bond donors (Lipinski definition) is 0. The van der Waals surface area contributed by atoms with E-state index in [1.54, 1.807) is 12.1 Å². The Morgan fingerprint density at radius 1 is 1.23 bits per heavy atom. The zero-order chi connectivity index (χ0) is 20.9. The Morgan fingerprint density at radius 3 is 2.80 bits per heavy atom. The summed E-state index contributed by atoms with van der Waals surface area (Å²) in [7, 11) is 0. The summed E-state index contributed by atoms with van der Waals surface area (Å²) in [6.07, 6.45) is 7.88. The molecule has 0 fully saturated rings. The Morgan fingerprint density at radius 2 is 2.07 bits per heavy atom. The maximum atomic E-state index is 13.1. The molecule has 5 heteroatoms. The Labute approximate surface area is 177 Å². The second-order valence-corrected chi connectivity index (χ2v) is 7.77. The summed E-state index contributed by atoms with van der Waals surface area (Å²) in [5.41, 5.74) is 4.16. The standard InChI is InChI=1S/C25H27FN2O2/c1-2-28(25(29)12-7-18-5-8-20(26)9-6-18)22-10-11-24-23(17-22)19(13-15-30-24)16-21-4-3-14-27-21/h4-6,8-11,14,17,19H,2-3,7,12-13,15-16H2,1H3. The molecule has 0 N–H and O–H groups in total. The van der Waals surface area contributed by atoms with E-state index in [-0.39, 0.29) is 11.7 Å². The number of carbonyl (C=O) groups excluding carboxylic acids is 1. The Balaban J connectivity index is 1.49. The van der Waals surface area contributed by atoms with Crippen molar-refractivity contribution in [2.75, 3.05) is 18.1 Å². The highest BCUT2D eigenvalue weighted by Crippen LogP contribution is 2.40. The van der Waals surface area contributed by atoms with Gasteiger partial charge in [0.25, 0.3) is 0 Å². The van der Waals surface area contributed by atoms with E-state index in [9.17, 15) is 9.18 Å². The van der Waals surface area contributed by atoms with Crippen molar-refractivity contribution in [1.29, 1.82) is 0 Å². The lowest BCUT2D eigenvalue weighted by atomic mass is 9.88. The molecular weight excluding hydrogens is 379 g/mol. The highest BCUT2D eigenvalue weighted by molar-refractivity contribution is 5.93. The van der Waals surface area contributed by atoms with Crippen LogP contribution in [0.3, 0.4) is 0 Å². The van der Waals surface area contributed by atoms with Gasteiger partial charge in [0.05, 0.1) is 6.61 Å². The van der Waals surface area contributed by atoms with Gasteiger partial charge in [-0.3, -0.25) is 9.79 Å². The molecule has 0 saturated carbocycles. The number of halogens is 1. The first-order chi connectivity index (χ1) is 14.6. The van der Waals surface area contributed by atoms with Gasteiger partial charge in [0, 0.05) is 37.0 Å². The molecule has 0 aliphatic carbocycles. The van der Waals surface area contributed by atoms with Crippen LogP contribution in [0.25, 0.3) is 0 Å². The van der Waals surface area contributed by atoms with Gasteiger partial charge < -0.3 is 9.64 Å². The van der Waals surface area contributed by atoms with Crippen molar-refractivity contribution in [2.45, 2.75) is 44.9 Å². The van der Waals surface area contributed by atoms with E-state index in [1.165, 1.54) is 12.1 Å². The topological polar surface area (TPSA) is 41.9 Å². The Hall–Kier alpha value is -2.95. The third-order valence-electron chi connectivity index (χ3n) is 5.80. The van der Waals surface area contributed by atoms with Crippen LogP contribution in [0.15, 0.2) is 59.2 Å². The molecule has 1 unspecified atom stereocenters. The summed E-state index contributed by atoms with van der Waals surface area (Å²) in [6, 6.07) is 12.4. The third-order valence-corrected chi connectivity index (χ3v) is 5.80. The lowest BCUT2D eigenvalue weighted by Crippen LogP contribution is -2.31.